The van der Waals surface area contributed by atoms with Crippen LogP contribution in [0.1, 0.15) is 30.1 Å². The number of ether oxygens (including phenoxy) is 1. The summed E-state index contributed by atoms with van der Waals surface area (Å²) in [5.74, 6) is 1.81. The molecule has 1 aliphatic rings. The molecule has 0 bridgehead atoms. The van der Waals surface area contributed by atoms with Gasteiger partial charge in [0.05, 0.1) is 23.9 Å². The van der Waals surface area contributed by atoms with Crippen LogP contribution in [0.25, 0.3) is 27.8 Å². The van der Waals surface area contributed by atoms with Gasteiger partial charge in [0.15, 0.2) is 0 Å². The summed E-state index contributed by atoms with van der Waals surface area (Å²) in [6, 6.07) is 10.4. The highest BCUT2D eigenvalue weighted by molar-refractivity contribution is 5.83. The van der Waals surface area contributed by atoms with Crippen LogP contribution in [-0.4, -0.2) is 26.7 Å². The third-order valence-electron chi connectivity index (χ3n) is 4.96. The van der Waals surface area contributed by atoms with Crippen molar-refractivity contribution < 1.29 is 9.26 Å². The lowest BCUT2D eigenvalue weighted by Crippen LogP contribution is -2.12. The molecule has 1 aliphatic heterocycles. The zero-order valence-corrected chi connectivity index (χ0v) is 16.0. The summed E-state index contributed by atoms with van der Waals surface area (Å²) < 4.78 is 11.0. The predicted octanol–water partition coefficient (Wildman–Crippen LogP) is 3.01. The molecule has 1 aromatic carbocycles. The van der Waals surface area contributed by atoms with Crippen LogP contribution in [0.15, 0.2) is 62.8 Å². The number of fused-ring (bicyclic) bond motifs is 1. The number of aromatic amines is 2. The molecule has 8 nitrogen and oxygen atoms in total. The highest BCUT2D eigenvalue weighted by Gasteiger charge is 2.14. The van der Waals surface area contributed by atoms with Crippen LogP contribution >= 0.6 is 0 Å². The van der Waals surface area contributed by atoms with Gasteiger partial charge in [-0.05, 0) is 48.2 Å². The first-order chi connectivity index (χ1) is 14.7. The van der Waals surface area contributed by atoms with E-state index in [4.69, 9.17) is 9.26 Å². The number of aromatic nitrogens is 4. The molecule has 0 unspecified atom stereocenters. The maximum atomic E-state index is 12.7. The molecule has 0 atom stereocenters. The normalized spacial score (nSPS) is 13.8. The number of rotatable bonds is 4. The number of nitrogens with one attached hydrogen (secondary N) is 2. The Kier molecular flexibility index (Phi) is 4.51. The summed E-state index contributed by atoms with van der Waals surface area (Å²) >= 11 is 0. The Morgan fingerprint density at radius 2 is 1.97 bits per heavy atom. The number of allylic oxidation sites excluding steroid dienone is 1. The van der Waals surface area contributed by atoms with Gasteiger partial charge in [0, 0.05) is 18.3 Å². The van der Waals surface area contributed by atoms with Gasteiger partial charge >= 0.3 is 0 Å². The molecular weight excluding hydrogens is 384 g/mol. The van der Waals surface area contributed by atoms with E-state index in [2.05, 4.69) is 20.1 Å². The molecular formula is C22H18N4O4. The minimum atomic E-state index is -0.237. The van der Waals surface area contributed by atoms with Crippen LogP contribution in [0.5, 0.6) is 0 Å². The Labute approximate surface area is 170 Å². The third-order valence-corrected chi connectivity index (χ3v) is 4.96. The van der Waals surface area contributed by atoms with E-state index in [1.807, 2.05) is 12.1 Å². The summed E-state index contributed by atoms with van der Waals surface area (Å²) in [5, 5.41) is 4.53. The Balaban J connectivity index is 1.43. The van der Waals surface area contributed by atoms with Crippen molar-refractivity contribution >= 4 is 16.7 Å². The van der Waals surface area contributed by atoms with Crippen LogP contribution < -0.4 is 11.1 Å². The van der Waals surface area contributed by atoms with Gasteiger partial charge in [0.25, 0.3) is 5.56 Å². The van der Waals surface area contributed by atoms with E-state index in [1.165, 1.54) is 6.07 Å². The molecule has 0 saturated carbocycles. The highest BCUT2D eigenvalue weighted by Crippen LogP contribution is 2.23. The van der Waals surface area contributed by atoms with Crippen molar-refractivity contribution in [1.29, 1.82) is 0 Å². The molecule has 0 amide bonds. The highest BCUT2D eigenvalue weighted by atomic mass is 16.5. The zero-order chi connectivity index (χ0) is 20.5. The van der Waals surface area contributed by atoms with E-state index < -0.39 is 0 Å². The average Bonchev–Trinajstić information content (AvgIpc) is 3.23. The van der Waals surface area contributed by atoms with Crippen molar-refractivity contribution in [3.8, 4) is 11.1 Å². The summed E-state index contributed by atoms with van der Waals surface area (Å²) in [7, 11) is 0. The fourth-order valence-electron chi connectivity index (χ4n) is 3.45. The largest absolute Gasteiger partial charge is 0.492 e. The van der Waals surface area contributed by atoms with Crippen molar-refractivity contribution in [2.75, 3.05) is 6.61 Å². The zero-order valence-electron chi connectivity index (χ0n) is 16.0. The summed E-state index contributed by atoms with van der Waals surface area (Å²) in [4.78, 5) is 33.9. The molecule has 30 heavy (non-hydrogen) atoms. The fraction of sp³-hybridized carbons (Fsp3) is 0.182. The van der Waals surface area contributed by atoms with Gasteiger partial charge in [0.2, 0.25) is 5.56 Å². The van der Waals surface area contributed by atoms with E-state index in [0.29, 0.717) is 41.2 Å². The average molecular weight is 402 g/mol. The van der Waals surface area contributed by atoms with Crippen molar-refractivity contribution in [1.82, 2.24) is 20.1 Å². The number of nitrogens with zero attached hydrogens (tertiary/aromatic N) is 2. The topological polar surface area (TPSA) is 114 Å². The Bertz CT molecular complexity index is 1360. The van der Waals surface area contributed by atoms with Crippen molar-refractivity contribution in [2.45, 2.75) is 19.3 Å². The van der Waals surface area contributed by atoms with Crippen molar-refractivity contribution in [3.05, 3.63) is 86.7 Å². The van der Waals surface area contributed by atoms with Gasteiger partial charge < -0.3 is 19.2 Å². The molecule has 0 aliphatic carbocycles. The second kappa shape index (κ2) is 7.47. The van der Waals surface area contributed by atoms with Crippen LogP contribution in [0.4, 0.5) is 0 Å². The molecule has 150 valence electrons. The summed E-state index contributed by atoms with van der Waals surface area (Å²) in [6.07, 6.45) is 5.89. The Morgan fingerprint density at radius 3 is 2.77 bits per heavy atom. The third kappa shape index (κ3) is 3.55. The van der Waals surface area contributed by atoms with Gasteiger partial charge in [0.1, 0.15) is 23.0 Å². The first-order valence-corrected chi connectivity index (χ1v) is 9.67. The van der Waals surface area contributed by atoms with E-state index in [1.54, 1.807) is 30.5 Å². The lowest BCUT2D eigenvalue weighted by molar-refractivity contribution is 0.255. The van der Waals surface area contributed by atoms with E-state index in [9.17, 15) is 9.59 Å². The molecule has 4 aromatic rings. The van der Waals surface area contributed by atoms with E-state index >= 15 is 0 Å². The molecule has 3 aromatic heterocycles. The SMILES string of the molecule is O=c1ccc(-c2ccc3nc(Cc4cc(C5=CCCCO5)no4)[nH]c(=O)c3c2)c[nH]1. The lowest BCUT2D eigenvalue weighted by atomic mass is 10.1. The standard InChI is InChI=1S/C22H18N4O4/c27-21-7-5-14(12-23-21)13-4-6-17-16(9-13)22(28)25-20(24-17)11-15-10-18(26-30-15)19-3-1-2-8-29-19/h3-7,9-10,12H,1-2,8,11H2,(H,23,27)(H,24,25,28). The second-order valence-corrected chi connectivity index (χ2v) is 7.10. The first-order valence-electron chi connectivity index (χ1n) is 9.67. The molecule has 0 fully saturated rings. The van der Waals surface area contributed by atoms with Gasteiger partial charge in [-0.3, -0.25) is 9.59 Å². The smallest absolute Gasteiger partial charge is 0.258 e. The molecule has 5 rings (SSSR count). The minimum Gasteiger partial charge on any atom is -0.492 e. The Hall–Kier alpha value is -3.94. The number of H-pyrrole nitrogens is 2. The number of hydrogen-bond donors (Lipinski definition) is 2. The van der Waals surface area contributed by atoms with Crippen LogP contribution in [0.3, 0.4) is 0 Å². The maximum Gasteiger partial charge on any atom is 0.258 e. The molecule has 2 N–H and O–H groups in total. The molecule has 0 saturated heterocycles. The van der Waals surface area contributed by atoms with Crippen LogP contribution in [0, 0.1) is 0 Å². The monoisotopic (exact) mass is 402 g/mol. The van der Waals surface area contributed by atoms with Crippen LogP contribution in [0.2, 0.25) is 0 Å². The fourth-order valence-corrected chi connectivity index (χ4v) is 3.45. The molecule has 4 heterocycles. The second-order valence-electron chi connectivity index (χ2n) is 7.10. The number of benzene rings is 1. The summed E-state index contributed by atoms with van der Waals surface area (Å²) in [6.45, 7) is 0.675. The van der Waals surface area contributed by atoms with Gasteiger partial charge in [-0.15, -0.1) is 0 Å². The van der Waals surface area contributed by atoms with Crippen molar-refractivity contribution in [3.63, 3.8) is 0 Å². The number of hydrogen-bond acceptors (Lipinski definition) is 6. The molecule has 0 spiro atoms. The quantitative estimate of drug-likeness (QED) is 0.542. The van der Waals surface area contributed by atoms with Crippen molar-refractivity contribution in [2.24, 2.45) is 0 Å². The van der Waals surface area contributed by atoms with Gasteiger partial charge in [-0.1, -0.05) is 11.2 Å². The summed E-state index contributed by atoms with van der Waals surface area (Å²) in [5.41, 5.74) is 2.45. The predicted molar refractivity (Wildman–Crippen MR) is 111 cm³/mol. The van der Waals surface area contributed by atoms with E-state index in [-0.39, 0.29) is 11.1 Å². The Morgan fingerprint density at radius 1 is 1.07 bits per heavy atom. The van der Waals surface area contributed by atoms with E-state index in [0.717, 1.165) is 29.7 Å². The van der Waals surface area contributed by atoms with Gasteiger partial charge in [-0.2, -0.15) is 0 Å². The maximum absolute atomic E-state index is 12.7. The minimum absolute atomic E-state index is 0.175. The van der Waals surface area contributed by atoms with Gasteiger partial charge in [-0.25, -0.2) is 4.98 Å². The number of pyridine rings is 1. The van der Waals surface area contributed by atoms with Crippen LogP contribution in [-0.2, 0) is 11.2 Å². The first kappa shape index (κ1) is 18.1. The molecule has 0 radical (unpaired) electrons. The molecule has 8 heteroatoms. The lowest BCUT2D eigenvalue weighted by Gasteiger charge is -2.11.